The lowest BCUT2D eigenvalue weighted by molar-refractivity contribution is 0.0563. The Morgan fingerprint density at radius 3 is 2.57 bits per heavy atom. The molecule has 2 N–H and O–H groups in total. The van der Waals surface area contributed by atoms with Crippen molar-refractivity contribution in [1.82, 2.24) is 15.1 Å². The monoisotopic (exact) mass is 323 g/mol. The summed E-state index contributed by atoms with van der Waals surface area (Å²) in [6.07, 6.45) is 10.5. The third-order valence-corrected chi connectivity index (χ3v) is 6.11. The number of hydrogen-bond donors (Lipinski definition) is 2. The molecule has 3 aliphatic rings. The fraction of sp³-hybridized carbons (Fsp3) is 0.944. The van der Waals surface area contributed by atoms with Gasteiger partial charge in [0.2, 0.25) is 0 Å². The van der Waals surface area contributed by atoms with Crippen LogP contribution in [0.3, 0.4) is 0 Å². The van der Waals surface area contributed by atoms with E-state index in [9.17, 15) is 9.90 Å². The van der Waals surface area contributed by atoms with Crippen molar-refractivity contribution in [3.05, 3.63) is 0 Å². The van der Waals surface area contributed by atoms with Crippen molar-refractivity contribution in [3.63, 3.8) is 0 Å². The van der Waals surface area contributed by atoms with Crippen molar-refractivity contribution in [2.45, 2.75) is 76.0 Å². The highest BCUT2D eigenvalue weighted by molar-refractivity contribution is 5.74. The van der Waals surface area contributed by atoms with Crippen LogP contribution in [0.5, 0.6) is 0 Å². The standard InChI is InChI=1S/C18H33N3O2/c1-20(12-14-6-2-5-9-17(14)22)18(23)19-15-10-11-21(13-15)16-7-3-4-8-16/h14-17,22H,2-13H2,1H3,(H,19,23). The molecule has 0 spiro atoms. The summed E-state index contributed by atoms with van der Waals surface area (Å²) in [6, 6.07) is 1.08. The van der Waals surface area contributed by atoms with Gasteiger partial charge in [-0.1, -0.05) is 25.7 Å². The smallest absolute Gasteiger partial charge is 0.317 e. The first-order valence-corrected chi connectivity index (χ1v) is 9.57. The summed E-state index contributed by atoms with van der Waals surface area (Å²) < 4.78 is 0. The fourth-order valence-corrected chi connectivity index (χ4v) is 4.63. The number of aliphatic hydroxyl groups excluding tert-OH is 1. The van der Waals surface area contributed by atoms with Crippen molar-refractivity contribution < 1.29 is 9.90 Å². The molecule has 0 aromatic rings. The van der Waals surface area contributed by atoms with E-state index in [-0.39, 0.29) is 18.1 Å². The molecule has 2 amide bonds. The predicted molar refractivity (Wildman–Crippen MR) is 91.4 cm³/mol. The van der Waals surface area contributed by atoms with Gasteiger partial charge in [0, 0.05) is 44.7 Å². The Morgan fingerprint density at radius 2 is 1.83 bits per heavy atom. The van der Waals surface area contributed by atoms with E-state index >= 15 is 0 Å². The van der Waals surface area contributed by atoms with E-state index in [2.05, 4.69) is 10.2 Å². The first kappa shape index (κ1) is 17.0. The topological polar surface area (TPSA) is 55.8 Å². The lowest BCUT2D eigenvalue weighted by Gasteiger charge is -2.31. The zero-order valence-corrected chi connectivity index (χ0v) is 14.5. The largest absolute Gasteiger partial charge is 0.393 e. The summed E-state index contributed by atoms with van der Waals surface area (Å²) in [5.74, 6) is 0.248. The van der Waals surface area contributed by atoms with Gasteiger partial charge in [-0.25, -0.2) is 4.79 Å². The highest BCUT2D eigenvalue weighted by atomic mass is 16.3. The van der Waals surface area contributed by atoms with E-state index in [0.717, 1.165) is 44.8 Å². The van der Waals surface area contributed by atoms with E-state index in [0.29, 0.717) is 12.6 Å². The molecule has 2 aliphatic carbocycles. The molecule has 0 bridgehead atoms. The summed E-state index contributed by atoms with van der Waals surface area (Å²) in [5, 5.41) is 13.3. The lowest BCUT2D eigenvalue weighted by Crippen LogP contribution is -2.47. The van der Waals surface area contributed by atoms with Gasteiger partial charge in [-0.05, 0) is 32.1 Å². The summed E-state index contributed by atoms with van der Waals surface area (Å²) in [4.78, 5) is 16.8. The number of nitrogens with zero attached hydrogens (tertiary/aromatic N) is 2. The number of aliphatic hydroxyl groups is 1. The SMILES string of the molecule is CN(CC1CCCCC1O)C(=O)NC1CCN(C2CCCC2)C1. The van der Waals surface area contributed by atoms with Gasteiger partial charge in [0.25, 0.3) is 0 Å². The molecule has 23 heavy (non-hydrogen) atoms. The molecular weight excluding hydrogens is 290 g/mol. The van der Waals surface area contributed by atoms with Gasteiger partial charge in [0.05, 0.1) is 6.10 Å². The van der Waals surface area contributed by atoms with Crippen LogP contribution in [0.4, 0.5) is 4.79 Å². The quantitative estimate of drug-likeness (QED) is 0.834. The van der Waals surface area contributed by atoms with Gasteiger partial charge in [0.1, 0.15) is 0 Å². The van der Waals surface area contributed by atoms with Crippen molar-refractivity contribution in [3.8, 4) is 0 Å². The number of rotatable bonds is 4. The van der Waals surface area contributed by atoms with E-state index in [1.54, 1.807) is 4.90 Å². The highest BCUT2D eigenvalue weighted by Crippen LogP contribution is 2.27. The van der Waals surface area contributed by atoms with Gasteiger partial charge in [-0.2, -0.15) is 0 Å². The Kier molecular flexibility index (Phi) is 5.81. The van der Waals surface area contributed by atoms with Gasteiger partial charge in [-0.3, -0.25) is 4.90 Å². The maximum atomic E-state index is 12.4. The van der Waals surface area contributed by atoms with Crippen molar-refractivity contribution in [2.75, 3.05) is 26.7 Å². The summed E-state index contributed by atoms with van der Waals surface area (Å²) in [6.45, 7) is 2.81. The molecule has 3 fully saturated rings. The Hall–Kier alpha value is -0.810. The van der Waals surface area contributed by atoms with E-state index in [1.165, 1.54) is 32.1 Å². The number of carbonyl (C=O) groups is 1. The van der Waals surface area contributed by atoms with E-state index < -0.39 is 0 Å². The number of likely N-dealkylation sites (tertiary alicyclic amines) is 1. The highest BCUT2D eigenvalue weighted by Gasteiger charge is 2.31. The molecule has 0 radical (unpaired) electrons. The van der Waals surface area contributed by atoms with Crippen LogP contribution in [-0.4, -0.2) is 65.8 Å². The minimum atomic E-state index is -0.233. The Bertz CT molecular complexity index is 398. The minimum Gasteiger partial charge on any atom is -0.393 e. The molecule has 1 aliphatic heterocycles. The molecule has 3 unspecified atom stereocenters. The molecule has 132 valence electrons. The number of nitrogens with one attached hydrogen (secondary N) is 1. The van der Waals surface area contributed by atoms with Crippen LogP contribution >= 0.6 is 0 Å². The molecule has 0 aromatic carbocycles. The second-order valence-corrected chi connectivity index (χ2v) is 7.86. The molecule has 5 heteroatoms. The van der Waals surface area contributed by atoms with Crippen LogP contribution in [0.1, 0.15) is 57.8 Å². The van der Waals surface area contributed by atoms with Crippen molar-refractivity contribution in [1.29, 1.82) is 0 Å². The van der Waals surface area contributed by atoms with Gasteiger partial charge >= 0.3 is 6.03 Å². The van der Waals surface area contributed by atoms with Gasteiger partial charge in [-0.15, -0.1) is 0 Å². The van der Waals surface area contributed by atoms with Crippen LogP contribution in [0.2, 0.25) is 0 Å². The Balaban J connectivity index is 1.41. The van der Waals surface area contributed by atoms with E-state index in [4.69, 9.17) is 0 Å². The molecule has 1 heterocycles. The van der Waals surface area contributed by atoms with Crippen LogP contribution in [0.25, 0.3) is 0 Å². The number of amides is 2. The van der Waals surface area contributed by atoms with Crippen molar-refractivity contribution in [2.24, 2.45) is 5.92 Å². The first-order valence-electron chi connectivity index (χ1n) is 9.57. The molecule has 0 aromatic heterocycles. The average Bonchev–Trinajstić information content (AvgIpc) is 3.20. The van der Waals surface area contributed by atoms with Crippen LogP contribution in [0, 0.1) is 5.92 Å². The van der Waals surface area contributed by atoms with Crippen molar-refractivity contribution >= 4 is 6.03 Å². The summed E-state index contributed by atoms with van der Waals surface area (Å²) >= 11 is 0. The number of urea groups is 1. The zero-order valence-electron chi connectivity index (χ0n) is 14.5. The second-order valence-electron chi connectivity index (χ2n) is 7.86. The second kappa shape index (κ2) is 7.84. The number of hydrogen-bond acceptors (Lipinski definition) is 3. The predicted octanol–water partition coefficient (Wildman–Crippen LogP) is 2.20. The molecular formula is C18H33N3O2. The lowest BCUT2D eigenvalue weighted by atomic mass is 9.86. The first-order chi connectivity index (χ1) is 11.1. The average molecular weight is 323 g/mol. The van der Waals surface area contributed by atoms with Gasteiger partial charge < -0.3 is 15.3 Å². The Labute approximate surface area is 140 Å². The maximum absolute atomic E-state index is 12.4. The summed E-state index contributed by atoms with van der Waals surface area (Å²) in [5.41, 5.74) is 0. The van der Waals surface area contributed by atoms with Crippen LogP contribution in [-0.2, 0) is 0 Å². The van der Waals surface area contributed by atoms with Gasteiger partial charge in [0.15, 0.2) is 0 Å². The fourth-order valence-electron chi connectivity index (χ4n) is 4.63. The van der Waals surface area contributed by atoms with E-state index in [1.807, 2.05) is 7.05 Å². The zero-order chi connectivity index (χ0) is 16.2. The third-order valence-electron chi connectivity index (χ3n) is 6.11. The molecule has 5 nitrogen and oxygen atoms in total. The number of carbonyl (C=O) groups excluding carboxylic acids is 1. The molecule has 2 saturated carbocycles. The molecule has 3 atom stereocenters. The third kappa shape index (κ3) is 4.38. The minimum absolute atomic E-state index is 0.0287. The maximum Gasteiger partial charge on any atom is 0.317 e. The normalized spacial score (nSPS) is 33.0. The summed E-state index contributed by atoms with van der Waals surface area (Å²) in [7, 11) is 1.86. The van der Waals surface area contributed by atoms with Crippen LogP contribution < -0.4 is 5.32 Å². The molecule has 3 rings (SSSR count). The van der Waals surface area contributed by atoms with Crippen LogP contribution in [0.15, 0.2) is 0 Å². The Morgan fingerprint density at radius 1 is 1.13 bits per heavy atom. The molecule has 1 saturated heterocycles.